The lowest BCUT2D eigenvalue weighted by molar-refractivity contribution is 0.0513. The van der Waals surface area contributed by atoms with Gasteiger partial charge in [0.15, 0.2) is 0 Å². The zero-order chi connectivity index (χ0) is 36.6. The second-order valence-electron chi connectivity index (χ2n) is 12.4. The van der Waals surface area contributed by atoms with Crippen LogP contribution in [0.4, 0.5) is 17.1 Å². The van der Waals surface area contributed by atoms with Crippen LogP contribution in [0.5, 0.6) is 0 Å². The van der Waals surface area contributed by atoms with Crippen LogP contribution in [-0.2, 0) is 9.47 Å². The van der Waals surface area contributed by atoms with Crippen molar-refractivity contribution in [3.63, 3.8) is 0 Å². The van der Waals surface area contributed by atoms with E-state index in [1.54, 1.807) is 26.0 Å². The summed E-state index contributed by atoms with van der Waals surface area (Å²) in [6.07, 6.45) is 0. The number of ether oxygens (including phenoxy) is 2. The van der Waals surface area contributed by atoms with E-state index >= 15 is 0 Å². The molecule has 0 aliphatic heterocycles. The molecule has 0 saturated heterocycles. The second-order valence-corrected chi connectivity index (χ2v) is 12.4. The third-order valence-corrected chi connectivity index (χ3v) is 9.13. The first-order valence-corrected chi connectivity index (χ1v) is 17.8. The molecular formula is C48H39NO4. The van der Waals surface area contributed by atoms with Gasteiger partial charge < -0.3 is 14.4 Å². The molecule has 260 valence electrons. The van der Waals surface area contributed by atoms with E-state index in [2.05, 4.69) is 77.7 Å². The maximum atomic E-state index is 13.8. The molecule has 7 aromatic rings. The number of carbonyl (C=O) groups is 2. The number of hydrogen-bond donors (Lipinski definition) is 0. The predicted octanol–water partition coefficient (Wildman–Crippen LogP) is 12.2. The van der Waals surface area contributed by atoms with Crippen molar-refractivity contribution in [1.29, 1.82) is 0 Å². The lowest BCUT2D eigenvalue weighted by atomic mass is 9.89. The summed E-state index contributed by atoms with van der Waals surface area (Å²) in [4.78, 5) is 29.7. The third kappa shape index (κ3) is 7.51. The molecule has 5 nitrogen and oxygen atoms in total. The van der Waals surface area contributed by atoms with E-state index in [9.17, 15) is 9.59 Å². The Balaban J connectivity index is 1.44. The first-order valence-electron chi connectivity index (χ1n) is 17.8. The fourth-order valence-corrected chi connectivity index (χ4v) is 6.63. The number of benzene rings is 7. The number of hydrogen-bond acceptors (Lipinski definition) is 5. The SMILES string of the molecule is CCOC(=O)c1cc(-c2ccccc2N(c2ccc(-c3ccccc3)cc2)c2ccc(-c3ccccc3)cc2)c(C(=O)OCC)cc1-c1ccccc1. The van der Waals surface area contributed by atoms with Gasteiger partial charge in [0, 0.05) is 16.9 Å². The van der Waals surface area contributed by atoms with E-state index in [-0.39, 0.29) is 13.2 Å². The highest BCUT2D eigenvalue weighted by Gasteiger charge is 2.26. The molecule has 0 N–H and O–H groups in total. The Morgan fingerprint density at radius 3 is 1.26 bits per heavy atom. The van der Waals surface area contributed by atoms with Crippen LogP contribution >= 0.6 is 0 Å². The molecule has 5 heteroatoms. The minimum atomic E-state index is -0.476. The van der Waals surface area contributed by atoms with Gasteiger partial charge in [0.2, 0.25) is 0 Å². The van der Waals surface area contributed by atoms with Gasteiger partial charge >= 0.3 is 11.9 Å². The highest BCUT2D eigenvalue weighted by atomic mass is 16.5. The van der Waals surface area contributed by atoms with Gasteiger partial charge in [-0.25, -0.2) is 9.59 Å². The summed E-state index contributed by atoms with van der Waals surface area (Å²) in [6, 6.07) is 58.5. The molecule has 7 rings (SSSR count). The number of para-hydroxylation sites is 1. The summed E-state index contributed by atoms with van der Waals surface area (Å²) in [5.74, 6) is -0.943. The maximum Gasteiger partial charge on any atom is 0.338 e. The van der Waals surface area contributed by atoms with Crippen LogP contribution in [0, 0.1) is 0 Å². The Hall–Kier alpha value is -6.72. The van der Waals surface area contributed by atoms with Gasteiger partial charge in [0.05, 0.1) is 30.0 Å². The van der Waals surface area contributed by atoms with Crippen molar-refractivity contribution in [2.24, 2.45) is 0 Å². The molecule has 53 heavy (non-hydrogen) atoms. The lowest BCUT2D eigenvalue weighted by Crippen LogP contribution is -2.14. The molecule has 0 atom stereocenters. The number of rotatable bonds is 11. The molecule has 0 bridgehead atoms. The van der Waals surface area contributed by atoms with E-state index in [1.807, 2.05) is 91.0 Å². The van der Waals surface area contributed by atoms with Crippen molar-refractivity contribution >= 4 is 29.0 Å². The van der Waals surface area contributed by atoms with E-state index in [0.29, 0.717) is 22.3 Å². The van der Waals surface area contributed by atoms with Crippen LogP contribution in [0.25, 0.3) is 44.5 Å². The minimum absolute atomic E-state index is 0.202. The highest BCUT2D eigenvalue weighted by molar-refractivity contribution is 6.07. The Morgan fingerprint density at radius 2 is 0.792 bits per heavy atom. The summed E-state index contributed by atoms with van der Waals surface area (Å²) in [6.45, 7) is 3.99. The summed E-state index contributed by atoms with van der Waals surface area (Å²) < 4.78 is 11.2. The first kappa shape index (κ1) is 34.7. The molecule has 0 heterocycles. The summed E-state index contributed by atoms with van der Waals surface area (Å²) in [7, 11) is 0. The van der Waals surface area contributed by atoms with Crippen LogP contribution < -0.4 is 4.90 Å². The number of esters is 2. The number of nitrogens with zero attached hydrogens (tertiary/aromatic N) is 1. The van der Waals surface area contributed by atoms with Crippen molar-refractivity contribution in [2.45, 2.75) is 13.8 Å². The number of carbonyl (C=O) groups excluding carboxylic acids is 2. The van der Waals surface area contributed by atoms with Gasteiger partial charge in [-0.15, -0.1) is 0 Å². The molecular weight excluding hydrogens is 655 g/mol. The van der Waals surface area contributed by atoms with E-state index < -0.39 is 11.9 Å². The van der Waals surface area contributed by atoms with E-state index in [0.717, 1.165) is 50.4 Å². The van der Waals surface area contributed by atoms with Crippen LogP contribution in [0.3, 0.4) is 0 Å². The molecule has 0 aromatic heterocycles. The Bertz CT molecular complexity index is 2240. The van der Waals surface area contributed by atoms with Crippen molar-refractivity contribution in [2.75, 3.05) is 18.1 Å². The normalized spacial score (nSPS) is 10.8. The van der Waals surface area contributed by atoms with Crippen LogP contribution in [-0.4, -0.2) is 25.2 Å². The molecule has 0 amide bonds. The van der Waals surface area contributed by atoms with Crippen molar-refractivity contribution in [3.05, 3.63) is 187 Å². The molecule has 7 aromatic carbocycles. The van der Waals surface area contributed by atoms with E-state index in [4.69, 9.17) is 9.47 Å². The van der Waals surface area contributed by atoms with Crippen LogP contribution in [0.1, 0.15) is 34.6 Å². The van der Waals surface area contributed by atoms with Crippen molar-refractivity contribution < 1.29 is 19.1 Å². The molecule has 0 aliphatic carbocycles. The lowest BCUT2D eigenvalue weighted by Gasteiger charge is -2.29. The van der Waals surface area contributed by atoms with Gasteiger partial charge in [-0.2, -0.15) is 0 Å². The number of anilines is 3. The second kappa shape index (κ2) is 16.1. The van der Waals surface area contributed by atoms with Crippen LogP contribution in [0.15, 0.2) is 176 Å². The molecule has 0 unspecified atom stereocenters. The van der Waals surface area contributed by atoms with Crippen molar-refractivity contribution in [1.82, 2.24) is 0 Å². The summed E-state index contributed by atoms with van der Waals surface area (Å²) in [5.41, 5.74) is 10.5. The standard InChI is InChI=1S/C48H39NO4/c1-3-52-47(50)44-33-43(45(48(51)53-4-2)32-42(44)38-20-12-7-13-21-38)41-22-14-15-23-46(41)49(39-28-24-36(25-29-39)34-16-8-5-9-17-34)40-30-26-37(27-31-40)35-18-10-6-11-19-35/h5-33H,3-4H2,1-2H3. The Labute approximate surface area is 310 Å². The average Bonchev–Trinajstić information content (AvgIpc) is 3.22. The smallest absolute Gasteiger partial charge is 0.338 e. The largest absolute Gasteiger partial charge is 0.462 e. The Kier molecular flexibility index (Phi) is 10.5. The molecule has 0 aliphatic rings. The van der Waals surface area contributed by atoms with Gasteiger partial charge in [0.25, 0.3) is 0 Å². The zero-order valence-electron chi connectivity index (χ0n) is 29.7. The average molecular weight is 694 g/mol. The summed E-state index contributed by atoms with van der Waals surface area (Å²) >= 11 is 0. The Morgan fingerprint density at radius 1 is 0.415 bits per heavy atom. The van der Waals surface area contributed by atoms with E-state index in [1.165, 1.54) is 0 Å². The molecule has 0 radical (unpaired) electrons. The van der Waals surface area contributed by atoms with Gasteiger partial charge in [0.1, 0.15) is 0 Å². The first-order chi connectivity index (χ1) is 26.1. The molecule has 0 fully saturated rings. The highest BCUT2D eigenvalue weighted by Crippen LogP contribution is 2.44. The fourth-order valence-electron chi connectivity index (χ4n) is 6.63. The quantitative estimate of drug-likeness (QED) is 0.126. The zero-order valence-corrected chi connectivity index (χ0v) is 29.7. The van der Waals surface area contributed by atoms with Crippen LogP contribution in [0.2, 0.25) is 0 Å². The fraction of sp³-hybridized carbons (Fsp3) is 0.0833. The van der Waals surface area contributed by atoms with Crippen molar-refractivity contribution in [3.8, 4) is 44.5 Å². The summed E-state index contributed by atoms with van der Waals surface area (Å²) in [5, 5.41) is 0. The van der Waals surface area contributed by atoms with Gasteiger partial charge in [-0.05, 0) is 95.3 Å². The maximum absolute atomic E-state index is 13.8. The topological polar surface area (TPSA) is 55.8 Å². The predicted molar refractivity (Wildman–Crippen MR) is 215 cm³/mol. The minimum Gasteiger partial charge on any atom is -0.462 e. The monoisotopic (exact) mass is 693 g/mol. The molecule has 0 saturated carbocycles. The molecule has 0 spiro atoms. The van der Waals surface area contributed by atoms with Gasteiger partial charge in [-0.3, -0.25) is 0 Å². The van der Waals surface area contributed by atoms with Gasteiger partial charge in [-0.1, -0.05) is 133 Å². The third-order valence-electron chi connectivity index (χ3n) is 9.13.